The standard InChI is InChI=1S/C24H28FN3O3/c1-24(2,3)31-23(29)27-14-12-18(13-15-27)30-22-26-20-10-6-7-11-21(20)28(22)16-17-8-4-5-9-19(17)25/h4-11,18H,12-16H2,1-3H3. The number of likely N-dealkylation sites (tertiary alicyclic amines) is 1. The van der Waals surface area contributed by atoms with Crippen molar-refractivity contribution in [3.05, 3.63) is 59.9 Å². The molecule has 1 amide bonds. The van der Waals surface area contributed by atoms with Crippen LogP contribution in [0.1, 0.15) is 39.2 Å². The first-order valence-corrected chi connectivity index (χ1v) is 10.6. The quantitative estimate of drug-likeness (QED) is 0.590. The minimum absolute atomic E-state index is 0.0742. The van der Waals surface area contributed by atoms with Gasteiger partial charge in [-0.1, -0.05) is 30.3 Å². The normalized spacial score (nSPS) is 15.3. The van der Waals surface area contributed by atoms with Crippen molar-refractivity contribution >= 4 is 17.1 Å². The van der Waals surface area contributed by atoms with Crippen LogP contribution in [0.3, 0.4) is 0 Å². The smallest absolute Gasteiger partial charge is 0.410 e. The predicted molar refractivity (Wildman–Crippen MR) is 117 cm³/mol. The zero-order valence-electron chi connectivity index (χ0n) is 18.2. The molecule has 0 bridgehead atoms. The molecule has 0 N–H and O–H groups in total. The first-order valence-electron chi connectivity index (χ1n) is 10.6. The zero-order chi connectivity index (χ0) is 22.0. The third-order valence-corrected chi connectivity index (χ3v) is 5.27. The summed E-state index contributed by atoms with van der Waals surface area (Å²) in [5.41, 5.74) is 1.77. The summed E-state index contributed by atoms with van der Waals surface area (Å²) in [5.74, 6) is -0.253. The summed E-state index contributed by atoms with van der Waals surface area (Å²) in [6, 6.07) is 14.9. The number of ether oxygens (including phenoxy) is 2. The molecule has 0 atom stereocenters. The second-order valence-corrected chi connectivity index (χ2v) is 8.85. The fraction of sp³-hybridized carbons (Fsp3) is 0.417. The van der Waals surface area contributed by atoms with E-state index in [1.165, 1.54) is 6.07 Å². The van der Waals surface area contributed by atoms with Crippen LogP contribution in [0.15, 0.2) is 48.5 Å². The first kappa shape index (κ1) is 21.2. The Hall–Kier alpha value is -3.09. The van der Waals surface area contributed by atoms with Crippen molar-refractivity contribution in [1.29, 1.82) is 0 Å². The van der Waals surface area contributed by atoms with E-state index in [1.54, 1.807) is 17.0 Å². The van der Waals surface area contributed by atoms with Gasteiger partial charge < -0.3 is 14.4 Å². The molecule has 0 spiro atoms. The SMILES string of the molecule is CC(C)(C)OC(=O)N1CCC(Oc2nc3ccccc3n2Cc2ccccc2F)CC1. The zero-order valence-corrected chi connectivity index (χ0v) is 18.2. The average molecular weight is 426 g/mol. The number of carbonyl (C=O) groups is 1. The highest BCUT2D eigenvalue weighted by Crippen LogP contribution is 2.26. The van der Waals surface area contributed by atoms with Gasteiger partial charge in [-0.05, 0) is 39.0 Å². The second kappa shape index (κ2) is 8.57. The molecule has 0 unspecified atom stereocenters. The third-order valence-electron chi connectivity index (χ3n) is 5.27. The monoisotopic (exact) mass is 425 g/mol. The molecule has 0 aliphatic carbocycles. The van der Waals surface area contributed by atoms with E-state index >= 15 is 0 Å². The van der Waals surface area contributed by atoms with Gasteiger partial charge in [-0.2, -0.15) is 4.98 Å². The number of rotatable bonds is 4. The van der Waals surface area contributed by atoms with E-state index in [9.17, 15) is 9.18 Å². The van der Waals surface area contributed by atoms with Gasteiger partial charge in [0.05, 0.1) is 17.6 Å². The van der Waals surface area contributed by atoms with Gasteiger partial charge in [0, 0.05) is 31.5 Å². The predicted octanol–water partition coefficient (Wildman–Crippen LogP) is 5.00. The fourth-order valence-corrected chi connectivity index (χ4v) is 3.72. The number of piperidine rings is 1. The van der Waals surface area contributed by atoms with Gasteiger partial charge in [0.25, 0.3) is 6.01 Å². The Bertz CT molecular complexity index is 1070. The molecule has 2 aromatic carbocycles. The van der Waals surface area contributed by atoms with Gasteiger partial charge in [0.2, 0.25) is 0 Å². The minimum Gasteiger partial charge on any atom is -0.461 e. The third kappa shape index (κ3) is 4.98. The molecule has 4 rings (SSSR count). The topological polar surface area (TPSA) is 56.6 Å². The molecular weight excluding hydrogens is 397 g/mol. The Balaban J connectivity index is 1.49. The van der Waals surface area contributed by atoms with E-state index in [4.69, 9.17) is 9.47 Å². The Morgan fingerprint density at radius 1 is 1.10 bits per heavy atom. The number of hydrogen-bond acceptors (Lipinski definition) is 4. The van der Waals surface area contributed by atoms with Gasteiger partial charge in [0.1, 0.15) is 17.5 Å². The molecule has 3 aromatic rings. The lowest BCUT2D eigenvalue weighted by Gasteiger charge is -2.33. The van der Waals surface area contributed by atoms with Crippen molar-refractivity contribution < 1.29 is 18.7 Å². The van der Waals surface area contributed by atoms with Crippen molar-refractivity contribution in [3.8, 4) is 6.01 Å². The number of imidazole rings is 1. The summed E-state index contributed by atoms with van der Waals surface area (Å²) in [5, 5.41) is 0. The maximum Gasteiger partial charge on any atom is 0.410 e. The van der Waals surface area contributed by atoms with Crippen LogP contribution in [0, 0.1) is 5.82 Å². The van der Waals surface area contributed by atoms with E-state index < -0.39 is 5.60 Å². The van der Waals surface area contributed by atoms with Gasteiger partial charge in [-0.25, -0.2) is 9.18 Å². The molecule has 7 heteroatoms. The van der Waals surface area contributed by atoms with Crippen molar-refractivity contribution in [1.82, 2.24) is 14.5 Å². The van der Waals surface area contributed by atoms with Gasteiger partial charge >= 0.3 is 6.09 Å². The lowest BCUT2D eigenvalue weighted by Crippen LogP contribution is -2.44. The Morgan fingerprint density at radius 3 is 2.48 bits per heavy atom. The highest BCUT2D eigenvalue weighted by atomic mass is 19.1. The summed E-state index contributed by atoms with van der Waals surface area (Å²) in [7, 11) is 0. The summed E-state index contributed by atoms with van der Waals surface area (Å²) in [6.07, 6.45) is 0.997. The average Bonchev–Trinajstić information content (AvgIpc) is 3.06. The number of halogens is 1. The van der Waals surface area contributed by atoms with Crippen LogP contribution < -0.4 is 4.74 Å². The number of fused-ring (bicyclic) bond motifs is 1. The van der Waals surface area contributed by atoms with E-state index in [0.717, 1.165) is 11.0 Å². The summed E-state index contributed by atoms with van der Waals surface area (Å²) >= 11 is 0. The molecule has 1 aliphatic rings. The number of carbonyl (C=O) groups excluding carboxylic acids is 1. The molecule has 6 nitrogen and oxygen atoms in total. The Kier molecular flexibility index (Phi) is 5.85. The number of aromatic nitrogens is 2. The molecule has 0 radical (unpaired) electrons. The first-order chi connectivity index (χ1) is 14.8. The lowest BCUT2D eigenvalue weighted by atomic mass is 10.1. The molecule has 1 fully saturated rings. The van der Waals surface area contributed by atoms with E-state index in [-0.39, 0.29) is 18.0 Å². The van der Waals surface area contributed by atoms with Crippen LogP contribution in [0.4, 0.5) is 9.18 Å². The number of para-hydroxylation sites is 2. The molecular formula is C24H28FN3O3. The molecule has 1 aliphatic heterocycles. The van der Waals surface area contributed by atoms with E-state index in [1.807, 2.05) is 55.7 Å². The summed E-state index contributed by atoms with van der Waals surface area (Å²) < 4.78 is 27.9. The van der Waals surface area contributed by atoms with Crippen LogP contribution in [-0.4, -0.2) is 45.3 Å². The number of benzene rings is 2. The second-order valence-electron chi connectivity index (χ2n) is 8.85. The number of hydrogen-bond donors (Lipinski definition) is 0. The fourth-order valence-electron chi connectivity index (χ4n) is 3.72. The molecule has 31 heavy (non-hydrogen) atoms. The van der Waals surface area contributed by atoms with Crippen LogP contribution in [0.2, 0.25) is 0 Å². The largest absolute Gasteiger partial charge is 0.461 e. The lowest BCUT2D eigenvalue weighted by molar-refractivity contribution is 0.0116. The summed E-state index contributed by atoms with van der Waals surface area (Å²) in [6.45, 7) is 7.04. The highest BCUT2D eigenvalue weighted by molar-refractivity contribution is 5.76. The van der Waals surface area contributed by atoms with Crippen LogP contribution in [0.25, 0.3) is 11.0 Å². The van der Waals surface area contributed by atoms with Gasteiger partial charge in [0.15, 0.2) is 0 Å². The van der Waals surface area contributed by atoms with E-state index in [0.29, 0.717) is 44.0 Å². The maximum absolute atomic E-state index is 14.3. The van der Waals surface area contributed by atoms with Gasteiger partial charge in [-0.15, -0.1) is 0 Å². The van der Waals surface area contributed by atoms with Crippen molar-refractivity contribution in [3.63, 3.8) is 0 Å². The van der Waals surface area contributed by atoms with Crippen molar-refractivity contribution in [2.75, 3.05) is 13.1 Å². The van der Waals surface area contributed by atoms with Gasteiger partial charge in [-0.3, -0.25) is 4.57 Å². The van der Waals surface area contributed by atoms with E-state index in [2.05, 4.69) is 4.98 Å². The maximum atomic E-state index is 14.3. The van der Waals surface area contributed by atoms with Crippen molar-refractivity contribution in [2.45, 2.75) is 51.9 Å². The molecule has 1 saturated heterocycles. The van der Waals surface area contributed by atoms with Crippen LogP contribution in [-0.2, 0) is 11.3 Å². The molecule has 0 saturated carbocycles. The highest BCUT2D eigenvalue weighted by Gasteiger charge is 2.28. The Labute approximate surface area is 181 Å². The molecule has 1 aromatic heterocycles. The minimum atomic E-state index is -0.512. The Morgan fingerprint density at radius 2 is 1.77 bits per heavy atom. The number of amides is 1. The van der Waals surface area contributed by atoms with Crippen LogP contribution in [0.5, 0.6) is 6.01 Å². The van der Waals surface area contributed by atoms with Crippen LogP contribution >= 0.6 is 0 Å². The molecule has 164 valence electrons. The van der Waals surface area contributed by atoms with Crippen molar-refractivity contribution in [2.24, 2.45) is 0 Å². The number of nitrogens with zero attached hydrogens (tertiary/aromatic N) is 3. The summed E-state index contributed by atoms with van der Waals surface area (Å²) in [4.78, 5) is 18.7. The molecule has 2 heterocycles.